The Kier molecular flexibility index (Phi) is 5.58. The van der Waals surface area contributed by atoms with E-state index in [1.807, 2.05) is 48.5 Å². The van der Waals surface area contributed by atoms with Gasteiger partial charge in [0.25, 0.3) is 0 Å². The van der Waals surface area contributed by atoms with Gasteiger partial charge in [0.05, 0.1) is 11.7 Å². The number of ether oxygens (including phenoxy) is 1. The average Bonchev–Trinajstić information content (AvgIpc) is 2.85. The predicted octanol–water partition coefficient (Wildman–Crippen LogP) is 7.27. The lowest BCUT2D eigenvalue weighted by molar-refractivity contribution is -0.0969. The first-order valence-electron chi connectivity index (χ1n) is 10.8. The van der Waals surface area contributed by atoms with Crippen molar-refractivity contribution in [1.82, 2.24) is 0 Å². The molecule has 0 aromatic heterocycles. The van der Waals surface area contributed by atoms with Crippen molar-refractivity contribution < 1.29 is 23.2 Å². The lowest BCUT2D eigenvalue weighted by atomic mass is 9.58. The van der Waals surface area contributed by atoms with Crippen molar-refractivity contribution in [1.29, 1.82) is 0 Å². The van der Waals surface area contributed by atoms with E-state index < -0.39 is 13.9 Å². The van der Waals surface area contributed by atoms with E-state index >= 15 is 0 Å². The Balaban J connectivity index is 1.69. The quantitative estimate of drug-likeness (QED) is 0.504. The van der Waals surface area contributed by atoms with Crippen molar-refractivity contribution in [2.45, 2.75) is 53.6 Å². The lowest BCUT2D eigenvalue weighted by Crippen LogP contribution is -2.50. The number of rotatable bonds is 4. The SMILES string of the molecule is C[C@H]1CCC(C)(C)[C@H](OP(=O)(O)OC2=Cc3ccccc3Oc3ccccc32)C1(C)C. The van der Waals surface area contributed by atoms with E-state index in [0.717, 1.165) is 18.4 Å². The number of benzene rings is 2. The molecule has 2 aromatic rings. The maximum absolute atomic E-state index is 13.3. The topological polar surface area (TPSA) is 65.0 Å². The van der Waals surface area contributed by atoms with Crippen LogP contribution in [0.1, 0.15) is 58.6 Å². The second-order valence-corrected chi connectivity index (χ2v) is 11.3. The average molecular weight is 442 g/mol. The molecule has 166 valence electrons. The summed E-state index contributed by atoms with van der Waals surface area (Å²) in [6.07, 6.45) is 3.29. The maximum atomic E-state index is 13.3. The van der Waals surface area contributed by atoms with Gasteiger partial charge in [-0.3, -0.25) is 9.42 Å². The van der Waals surface area contributed by atoms with E-state index in [4.69, 9.17) is 13.8 Å². The zero-order valence-electron chi connectivity index (χ0n) is 18.8. The highest BCUT2D eigenvalue weighted by Crippen LogP contribution is 2.59. The fourth-order valence-corrected chi connectivity index (χ4v) is 6.05. The first-order valence-corrected chi connectivity index (χ1v) is 12.3. The van der Waals surface area contributed by atoms with Crippen LogP contribution in [0.15, 0.2) is 48.5 Å². The summed E-state index contributed by atoms with van der Waals surface area (Å²) in [5.41, 5.74) is 0.853. The Bertz CT molecular complexity index is 1060. The van der Waals surface area contributed by atoms with Crippen LogP contribution in [-0.2, 0) is 13.6 Å². The smallest absolute Gasteiger partial charge is 0.456 e. The third kappa shape index (κ3) is 4.32. The summed E-state index contributed by atoms with van der Waals surface area (Å²) in [5, 5.41) is 0. The third-order valence-corrected chi connectivity index (χ3v) is 7.81. The monoisotopic (exact) mass is 442 g/mol. The second-order valence-electron chi connectivity index (χ2n) is 9.94. The molecular weight excluding hydrogens is 411 g/mol. The fraction of sp³-hybridized carbons (Fsp3) is 0.440. The van der Waals surface area contributed by atoms with Gasteiger partial charge in [0.2, 0.25) is 0 Å². The van der Waals surface area contributed by atoms with E-state index in [1.54, 1.807) is 6.08 Å². The van der Waals surface area contributed by atoms with Crippen LogP contribution < -0.4 is 4.74 Å². The highest BCUT2D eigenvalue weighted by Gasteiger charge is 2.51. The van der Waals surface area contributed by atoms with Gasteiger partial charge in [0.1, 0.15) is 17.3 Å². The molecule has 4 rings (SSSR count). The molecule has 6 heteroatoms. The van der Waals surface area contributed by atoms with Gasteiger partial charge < -0.3 is 9.26 Å². The van der Waals surface area contributed by atoms with Gasteiger partial charge >= 0.3 is 7.82 Å². The first-order chi connectivity index (χ1) is 14.5. The summed E-state index contributed by atoms with van der Waals surface area (Å²) < 4.78 is 31.0. The second kappa shape index (κ2) is 7.81. The molecule has 5 nitrogen and oxygen atoms in total. The van der Waals surface area contributed by atoms with Gasteiger partial charge in [-0.05, 0) is 53.9 Å². The van der Waals surface area contributed by atoms with E-state index in [1.165, 1.54) is 0 Å². The van der Waals surface area contributed by atoms with E-state index in [0.29, 0.717) is 23.0 Å². The third-order valence-electron chi connectivity index (χ3n) is 6.91. The van der Waals surface area contributed by atoms with Crippen LogP contribution in [0.5, 0.6) is 11.5 Å². The highest BCUT2D eigenvalue weighted by molar-refractivity contribution is 7.47. The number of phosphoric acid groups is 1. The van der Waals surface area contributed by atoms with Crippen molar-refractivity contribution in [2.75, 3.05) is 0 Å². The Morgan fingerprint density at radius 3 is 2.42 bits per heavy atom. The maximum Gasteiger partial charge on any atom is 0.527 e. The summed E-state index contributed by atoms with van der Waals surface area (Å²) in [5.74, 6) is 1.84. The Labute approximate surface area is 184 Å². The van der Waals surface area contributed by atoms with Crippen LogP contribution >= 0.6 is 7.82 Å². The number of fused-ring (bicyclic) bond motifs is 2. The minimum Gasteiger partial charge on any atom is -0.456 e. The molecule has 1 heterocycles. The molecule has 1 aliphatic carbocycles. The van der Waals surface area contributed by atoms with Crippen LogP contribution in [0.3, 0.4) is 0 Å². The van der Waals surface area contributed by atoms with Gasteiger partial charge in [0, 0.05) is 5.56 Å². The van der Waals surface area contributed by atoms with Crippen LogP contribution in [0.4, 0.5) is 0 Å². The molecular formula is C25H31O5P. The van der Waals surface area contributed by atoms with Crippen molar-refractivity contribution >= 4 is 19.7 Å². The molecule has 0 amide bonds. The number of hydrogen-bond acceptors (Lipinski definition) is 4. The molecule has 0 spiro atoms. The van der Waals surface area contributed by atoms with Gasteiger partial charge in [-0.1, -0.05) is 65.0 Å². The van der Waals surface area contributed by atoms with E-state index in [2.05, 4.69) is 34.6 Å². The van der Waals surface area contributed by atoms with Crippen LogP contribution in [0, 0.1) is 16.7 Å². The van der Waals surface area contributed by atoms with Crippen molar-refractivity contribution in [3.63, 3.8) is 0 Å². The normalized spacial score (nSPS) is 25.7. The van der Waals surface area contributed by atoms with Gasteiger partial charge in [0.15, 0.2) is 0 Å². The Morgan fingerprint density at radius 2 is 1.68 bits per heavy atom. The minimum absolute atomic E-state index is 0.247. The summed E-state index contributed by atoms with van der Waals surface area (Å²) in [6, 6.07) is 14.8. The summed E-state index contributed by atoms with van der Waals surface area (Å²) in [7, 11) is -4.43. The van der Waals surface area contributed by atoms with Crippen LogP contribution in [0.2, 0.25) is 0 Å². The molecule has 0 saturated heterocycles. The molecule has 1 saturated carbocycles. The van der Waals surface area contributed by atoms with Gasteiger partial charge in [-0.2, -0.15) is 0 Å². The van der Waals surface area contributed by atoms with Crippen LogP contribution in [0.25, 0.3) is 11.8 Å². The van der Waals surface area contributed by atoms with E-state index in [-0.39, 0.29) is 16.6 Å². The van der Waals surface area contributed by atoms with Crippen molar-refractivity contribution in [2.24, 2.45) is 16.7 Å². The fourth-order valence-electron chi connectivity index (χ4n) is 4.78. The summed E-state index contributed by atoms with van der Waals surface area (Å²) in [4.78, 5) is 10.9. The largest absolute Gasteiger partial charge is 0.527 e. The molecule has 2 aromatic carbocycles. The van der Waals surface area contributed by atoms with Gasteiger partial charge in [-0.25, -0.2) is 4.57 Å². The minimum atomic E-state index is -4.43. The molecule has 1 fully saturated rings. The van der Waals surface area contributed by atoms with Crippen molar-refractivity contribution in [3.05, 3.63) is 59.7 Å². The van der Waals surface area contributed by atoms with Crippen molar-refractivity contribution in [3.8, 4) is 11.5 Å². The molecule has 0 bridgehead atoms. The molecule has 0 radical (unpaired) electrons. The molecule has 2 aliphatic rings. The zero-order chi connectivity index (χ0) is 22.4. The molecule has 1 aliphatic heterocycles. The van der Waals surface area contributed by atoms with Crippen LogP contribution in [-0.4, -0.2) is 11.0 Å². The zero-order valence-corrected chi connectivity index (χ0v) is 19.7. The van der Waals surface area contributed by atoms with Gasteiger partial charge in [-0.15, -0.1) is 0 Å². The molecule has 1 unspecified atom stereocenters. The first kappa shape index (κ1) is 22.1. The summed E-state index contributed by atoms with van der Waals surface area (Å²) in [6.45, 7) is 10.6. The van der Waals surface area contributed by atoms with E-state index in [9.17, 15) is 9.46 Å². The lowest BCUT2D eigenvalue weighted by Gasteiger charge is -2.51. The summed E-state index contributed by atoms with van der Waals surface area (Å²) >= 11 is 0. The standard InChI is InChI=1S/C25H31O5P/c1-17-14-15-24(2,3)23(25(17,4)5)30-31(26,27)29-22-16-18-10-6-8-12-20(18)28-21-13-9-7-11-19(21)22/h6-13,16-17,23H,14-15H2,1-5H3,(H,26,27)/t17-,23-/m0/s1. The molecule has 1 N–H and O–H groups in total. The number of phosphoric ester groups is 1. The number of hydrogen-bond donors (Lipinski definition) is 1. The molecule has 31 heavy (non-hydrogen) atoms. The molecule has 3 atom stereocenters. The Morgan fingerprint density at radius 1 is 1.03 bits per heavy atom. The highest BCUT2D eigenvalue weighted by atomic mass is 31.2. The Hall–Kier alpha value is -2.07. The predicted molar refractivity (Wildman–Crippen MR) is 123 cm³/mol. The number of para-hydroxylation sites is 2.